The molecule has 0 saturated heterocycles. The molecule has 1 unspecified atom stereocenters. The number of benzene rings is 2. The Morgan fingerprint density at radius 1 is 1.29 bits per heavy atom. The van der Waals surface area contributed by atoms with Gasteiger partial charge in [0.15, 0.2) is 0 Å². The molecule has 1 heterocycles. The van der Waals surface area contributed by atoms with Crippen molar-refractivity contribution in [1.82, 2.24) is 9.78 Å². The predicted molar refractivity (Wildman–Crippen MR) is 90.5 cm³/mol. The Morgan fingerprint density at radius 3 is 2.81 bits per heavy atom. The Morgan fingerprint density at radius 2 is 2.05 bits per heavy atom. The van der Waals surface area contributed by atoms with E-state index in [4.69, 9.17) is 17.3 Å². The van der Waals surface area contributed by atoms with Gasteiger partial charge in [-0.1, -0.05) is 35.9 Å². The van der Waals surface area contributed by atoms with Crippen LogP contribution in [0.2, 0.25) is 5.02 Å². The summed E-state index contributed by atoms with van der Waals surface area (Å²) in [5.74, 6) is 0. The molecule has 108 valence electrons. The van der Waals surface area contributed by atoms with Gasteiger partial charge in [-0.3, -0.25) is 4.68 Å². The lowest BCUT2D eigenvalue weighted by Crippen LogP contribution is -2.14. The highest BCUT2D eigenvalue weighted by molar-refractivity contribution is 9.10. The lowest BCUT2D eigenvalue weighted by Gasteiger charge is -2.11. The Balaban J connectivity index is 1.92. The second-order valence-corrected chi connectivity index (χ2v) is 6.33. The summed E-state index contributed by atoms with van der Waals surface area (Å²) in [4.78, 5) is 0. The number of hydrogen-bond donors (Lipinski definition) is 1. The summed E-state index contributed by atoms with van der Waals surface area (Å²) < 4.78 is 2.77. The van der Waals surface area contributed by atoms with E-state index in [0.717, 1.165) is 26.6 Å². The van der Waals surface area contributed by atoms with E-state index in [-0.39, 0.29) is 6.04 Å². The first-order valence-electron chi connectivity index (χ1n) is 6.67. The van der Waals surface area contributed by atoms with Crippen molar-refractivity contribution in [2.75, 3.05) is 0 Å². The zero-order valence-corrected chi connectivity index (χ0v) is 13.9. The Bertz CT molecular complexity index is 797. The topological polar surface area (TPSA) is 43.8 Å². The number of rotatable bonds is 3. The van der Waals surface area contributed by atoms with Crippen LogP contribution in [0.3, 0.4) is 0 Å². The van der Waals surface area contributed by atoms with Crippen LogP contribution in [0, 0.1) is 0 Å². The molecule has 21 heavy (non-hydrogen) atoms. The zero-order chi connectivity index (χ0) is 15.0. The monoisotopic (exact) mass is 363 g/mol. The summed E-state index contributed by atoms with van der Waals surface area (Å²) in [6.45, 7) is 0. The smallest absolute Gasteiger partial charge is 0.0722 e. The summed E-state index contributed by atoms with van der Waals surface area (Å²) in [5, 5.41) is 6.42. The fourth-order valence-corrected chi connectivity index (χ4v) is 2.94. The Kier molecular flexibility index (Phi) is 4.02. The third kappa shape index (κ3) is 2.84. The normalized spacial score (nSPS) is 12.8. The van der Waals surface area contributed by atoms with Gasteiger partial charge >= 0.3 is 0 Å². The SMILES string of the molecule is Cn1nc(CC(N)c2ccc(Br)c(Cl)c2)c2ccccc21. The molecule has 0 aliphatic heterocycles. The number of aryl methyl sites for hydroxylation is 1. The fraction of sp³-hybridized carbons (Fsp3) is 0.188. The van der Waals surface area contributed by atoms with Crippen molar-refractivity contribution in [3.8, 4) is 0 Å². The summed E-state index contributed by atoms with van der Waals surface area (Å²) in [6.07, 6.45) is 0.680. The molecule has 3 nitrogen and oxygen atoms in total. The van der Waals surface area contributed by atoms with Crippen LogP contribution < -0.4 is 5.73 Å². The molecule has 0 radical (unpaired) electrons. The van der Waals surface area contributed by atoms with Crippen molar-refractivity contribution in [2.24, 2.45) is 12.8 Å². The van der Waals surface area contributed by atoms with Gasteiger partial charge in [0.1, 0.15) is 0 Å². The van der Waals surface area contributed by atoms with E-state index < -0.39 is 0 Å². The van der Waals surface area contributed by atoms with E-state index in [2.05, 4.69) is 33.2 Å². The first-order chi connectivity index (χ1) is 10.1. The number of fused-ring (bicyclic) bond motifs is 1. The van der Waals surface area contributed by atoms with Crippen molar-refractivity contribution < 1.29 is 0 Å². The minimum Gasteiger partial charge on any atom is -0.324 e. The first kappa shape index (κ1) is 14.6. The molecule has 0 spiro atoms. The molecule has 5 heteroatoms. The molecule has 1 atom stereocenters. The van der Waals surface area contributed by atoms with Crippen molar-refractivity contribution in [2.45, 2.75) is 12.5 Å². The highest BCUT2D eigenvalue weighted by atomic mass is 79.9. The minimum atomic E-state index is -0.131. The summed E-state index contributed by atoms with van der Waals surface area (Å²) in [7, 11) is 1.95. The number of hydrogen-bond acceptors (Lipinski definition) is 2. The molecular weight excluding hydrogens is 350 g/mol. The van der Waals surface area contributed by atoms with Crippen LogP contribution in [0.5, 0.6) is 0 Å². The van der Waals surface area contributed by atoms with Gasteiger partial charge in [-0.05, 0) is 39.7 Å². The minimum absolute atomic E-state index is 0.131. The van der Waals surface area contributed by atoms with E-state index >= 15 is 0 Å². The van der Waals surface area contributed by atoms with Crippen LogP contribution in [-0.4, -0.2) is 9.78 Å². The van der Waals surface area contributed by atoms with Gasteiger partial charge < -0.3 is 5.73 Å². The maximum absolute atomic E-state index is 6.32. The number of nitrogens with two attached hydrogens (primary N) is 1. The molecular formula is C16H15BrClN3. The lowest BCUT2D eigenvalue weighted by atomic mass is 10.0. The van der Waals surface area contributed by atoms with Crippen molar-refractivity contribution in [3.63, 3.8) is 0 Å². The van der Waals surface area contributed by atoms with Crippen molar-refractivity contribution in [3.05, 3.63) is 63.2 Å². The van der Waals surface area contributed by atoms with Gasteiger partial charge in [0, 0.05) is 29.4 Å². The summed E-state index contributed by atoms with van der Waals surface area (Å²) in [6, 6.07) is 13.9. The Hall–Kier alpha value is -1.36. The number of para-hydroxylation sites is 1. The van der Waals surface area contributed by atoms with Crippen LogP contribution in [0.25, 0.3) is 10.9 Å². The molecule has 1 aromatic heterocycles. The van der Waals surface area contributed by atoms with Crippen LogP contribution >= 0.6 is 27.5 Å². The molecule has 2 N–H and O–H groups in total. The van der Waals surface area contributed by atoms with Gasteiger partial charge in [-0.25, -0.2) is 0 Å². The van der Waals surface area contributed by atoms with E-state index in [1.165, 1.54) is 0 Å². The van der Waals surface area contributed by atoms with Crippen LogP contribution in [0.15, 0.2) is 46.9 Å². The molecule has 0 amide bonds. The van der Waals surface area contributed by atoms with E-state index in [1.54, 1.807) is 0 Å². The maximum Gasteiger partial charge on any atom is 0.0722 e. The third-order valence-electron chi connectivity index (χ3n) is 3.62. The van der Waals surface area contributed by atoms with Crippen LogP contribution in [0.1, 0.15) is 17.3 Å². The predicted octanol–water partition coefficient (Wildman–Crippen LogP) is 4.23. The average molecular weight is 365 g/mol. The van der Waals surface area contributed by atoms with Gasteiger partial charge in [-0.2, -0.15) is 5.10 Å². The van der Waals surface area contributed by atoms with Gasteiger partial charge in [0.2, 0.25) is 0 Å². The Labute approximate surface area is 136 Å². The first-order valence-corrected chi connectivity index (χ1v) is 7.84. The van der Waals surface area contributed by atoms with Crippen LogP contribution in [0.4, 0.5) is 0 Å². The molecule has 0 fully saturated rings. The number of aromatic nitrogens is 2. The summed E-state index contributed by atoms with van der Waals surface area (Å²) in [5.41, 5.74) is 9.47. The van der Waals surface area contributed by atoms with E-state index in [9.17, 15) is 0 Å². The maximum atomic E-state index is 6.32. The molecule has 3 rings (SSSR count). The fourth-order valence-electron chi connectivity index (χ4n) is 2.51. The quantitative estimate of drug-likeness (QED) is 0.755. The second kappa shape index (κ2) is 5.79. The van der Waals surface area contributed by atoms with Crippen molar-refractivity contribution >= 4 is 38.4 Å². The molecule has 0 saturated carbocycles. The standard InChI is InChI=1S/C16H15BrClN3/c1-21-16-5-3-2-4-11(16)15(20-21)9-14(19)10-6-7-12(17)13(18)8-10/h2-8,14H,9,19H2,1H3. The largest absolute Gasteiger partial charge is 0.324 e. The molecule has 0 aliphatic carbocycles. The van der Waals surface area contributed by atoms with Gasteiger partial charge in [0.25, 0.3) is 0 Å². The molecule has 2 aromatic carbocycles. The molecule has 3 aromatic rings. The zero-order valence-electron chi connectivity index (χ0n) is 11.6. The summed E-state index contributed by atoms with van der Waals surface area (Å²) >= 11 is 9.53. The third-order valence-corrected chi connectivity index (χ3v) is 4.85. The van der Waals surface area contributed by atoms with E-state index in [0.29, 0.717) is 11.4 Å². The average Bonchev–Trinajstić information content (AvgIpc) is 2.79. The van der Waals surface area contributed by atoms with Crippen LogP contribution in [-0.2, 0) is 13.5 Å². The van der Waals surface area contributed by atoms with E-state index in [1.807, 2.05) is 42.1 Å². The molecule has 0 aliphatic rings. The highest BCUT2D eigenvalue weighted by Crippen LogP contribution is 2.28. The number of halogens is 2. The van der Waals surface area contributed by atoms with Crippen molar-refractivity contribution in [1.29, 1.82) is 0 Å². The van der Waals surface area contributed by atoms with Gasteiger partial charge in [-0.15, -0.1) is 0 Å². The molecule has 0 bridgehead atoms. The van der Waals surface area contributed by atoms with Gasteiger partial charge in [0.05, 0.1) is 16.2 Å². The second-order valence-electron chi connectivity index (χ2n) is 5.07. The highest BCUT2D eigenvalue weighted by Gasteiger charge is 2.14. The lowest BCUT2D eigenvalue weighted by molar-refractivity contribution is 0.682. The number of nitrogens with zero attached hydrogens (tertiary/aromatic N) is 2.